The Labute approximate surface area is 113 Å². The van der Waals surface area contributed by atoms with E-state index < -0.39 is 6.10 Å². The molecule has 1 saturated carbocycles. The highest BCUT2D eigenvalue weighted by molar-refractivity contribution is 5.82. The van der Waals surface area contributed by atoms with Crippen molar-refractivity contribution in [1.82, 2.24) is 0 Å². The quantitative estimate of drug-likeness (QED) is 0.632. The van der Waals surface area contributed by atoms with Gasteiger partial charge in [0.1, 0.15) is 5.78 Å². The van der Waals surface area contributed by atoms with Gasteiger partial charge >= 0.3 is 0 Å². The van der Waals surface area contributed by atoms with Crippen molar-refractivity contribution >= 4 is 5.78 Å². The summed E-state index contributed by atoms with van der Waals surface area (Å²) < 4.78 is 0. The number of ketones is 1. The van der Waals surface area contributed by atoms with Crippen molar-refractivity contribution in [3.05, 3.63) is 47.7 Å². The molecule has 0 aliphatic heterocycles. The average molecular weight is 260 g/mol. The number of rotatable bonds is 5. The number of hydrogen-bond donors (Lipinski definition) is 2. The molecule has 2 atom stereocenters. The van der Waals surface area contributed by atoms with E-state index in [0.29, 0.717) is 0 Å². The molecule has 0 unspecified atom stereocenters. The molecule has 0 radical (unpaired) electrons. The minimum Gasteiger partial charge on any atom is -0.512 e. The number of hydrogen-bond acceptors (Lipinski definition) is 3. The van der Waals surface area contributed by atoms with Gasteiger partial charge in [-0.05, 0) is 30.9 Å². The van der Waals surface area contributed by atoms with Gasteiger partial charge in [0.25, 0.3) is 0 Å². The Morgan fingerprint density at radius 2 is 2.00 bits per heavy atom. The van der Waals surface area contributed by atoms with E-state index in [2.05, 4.69) is 12.1 Å². The van der Waals surface area contributed by atoms with Gasteiger partial charge in [0.05, 0.1) is 11.9 Å². The second kappa shape index (κ2) is 6.53. The number of unbranched alkanes of at least 4 members (excludes halogenated alkanes) is 1. The van der Waals surface area contributed by atoms with E-state index in [0.717, 1.165) is 19.3 Å². The molecule has 0 saturated heterocycles. The lowest BCUT2D eigenvalue weighted by molar-refractivity contribution is -0.117. The van der Waals surface area contributed by atoms with E-state index in [4.69, 9.17) is 0 Å². The molecule has 0 spiro atoms. The van der Waals surface area contributed by atoms with Gasteiger partial charge < -0.3 is 10.2 Å². The maximum atomic E-state index is 11.2. The first-order valence-corrected chi connectivity index (χ1v) is 6.79. The number of carbonyl (C=O) groups excluding carboxylic acids is 1. The third-order valence-corrected chi connectivity index (χ3v) is 3.59. The Balaban J connectivity index is 1.78. The molecule has 2 rings (SSSR count). The highest BCUT2D eigenvalue weighted by atomic mass is 16.3. The van der Waals surface area contributed by atoms with Gasteiger partial charge in [-0.1, -0.05) is 30.3 Å². The van der Waals surface area contributed by atoms with Crippen LogP contribution in [0.3, 0.4) is 0 Å². The van der Waals surface area contributed by atoms with Crippen molar-refractivity contribution < 1.29 is 15.0 Å². The average Bonchev–Trinajstić information content (AvgIpc) is 2.75. The molecule has 19 heavy (non-hydrogen) atoms. The maximum absolute atomic E-state index is 11.2. The standard InChI is InChI=1S/C16H20O3/c17-13-10-14(16(19)11-13)15(18)9-5-4-8-12-6-2-1-3-7-12/h1-3,6-7,9,14,16,18-19H,4-5,8,10-11H2/b15-9+/t14-,16+/m1/s1. The van der Waals surface area contributed by atoms with Gasteiger partial charge in [0, 0.05) is 18.8 Å². The lowest BCUT2D eigenvalue weighted by atomic mass is 10.0. The van der Waals surface area contributed by atoms with Crippen molar-refractivity contribution in [2.24, 2.45) is 5.92 Å². The summed E-state index contributed by atoms with van der Waals surface area (Å²) in [6, 6.07) is 10.2. The zero-order valence-corrected chi connectivity index (χ0v) is 11.0. The summed E-state index contributed by atoms with van der Waals surface area (Å²) in [6.07, 6.45) is 4.15. The van der Waals surface area contributed by atoms with Crippen LogP contribution in [0, 0.1) is 5.92 Å². The van der Waals surface area contributed by atoms with Crippen molar-refractivity contribution in [2.45, 2.75) is 38.2 Å². The second-order valence-corrected chi connectivity index (χ2v) is 5.13. The van der Waals surface area contributed by atoms with Crippen molar-refractivity contribution in [2.75, 3.05) is 0 Å². The van der Waals surface area contributed by atoms with Gasteiger partial charge in [-0.15, -0.1) is 0 Å². The van der Waals surface area contributed by atoms with Crippen LogP contribution in [0.1, 0.15) is 31.2 Å². The molecule has 1 aromatic carbocycles. The van der Waals surface area contributed by atoms with Crippen LogP contribution in [0.15, 0.2) is 42.2 Å². The van der Waals surface area contributed by atoms with Gasteiger partial charge in [-0.25, -0.2) is 0 Å². The van der Waals surface area contributed by atoms with E-state index >= 15 is 0 Å². The van der Waals surface area contributed by atoms with Crippen LogP contribution in [0.2, 0.25) is 0 Å². The fourth-order valence-electron chi connectivity index (χ4n) is 2.49. The Bertz CT molecular complexity index is 450. The molecule has 1 fully saturated rings. The van der Waals surface area contributed by atoms with Gasteiger partial charge in [-0.3, -0.25) is 4.79 Å². The molecule has 1 aromatic rings. The summed E-state index contributed by atoms with van der Waals surface area (Å²) >= 11 is 0. The number of Topliss-reactive ketones (excluding diaryl/α,β-unsaturated/α-hetero) is 1. The van der Waals surface area contributed by atoms with Gasteiger partial charge in [0.15, 0.2) is 0 Å². The predicted octanol–water partition coefficient (Wildman–Crippen LogP) is 2.79. The monoisotopic (exact) mass is 260 g/mol. The molecule has 3 heteroatoms. The predicted molar refractivity (Wildman–Crippen MR) is 73.8 cm³/mol. The van der Waals surface area contributed by atoms with Crippen LogP contribution >= 0.6 is 0 Å². The molecule has 1 aliphatic rings. The largest absolute Gasteiger partial charge is 0.512 e. The van der Waals surface area contributed by atoms with Crippen LogP contribution in [0.5, 0.6) is 0 Å². The molecular weight excluding hydrogens is 240 g/mol. The molecule has 0 aromatic heterocycles. The third-order valence-electron chi connectivity index (χ3n) is 3.59. The summed E-state index contributed by atoms with van der Waals surface area (Å²) in [5.41, 5.74) is 1.28. The molecule has 1 aliphatic carbocycles. The maximum Gasteiger partial charge on any atom is 0.136 e. The second-order valence-electron chi connectivity index (χ2n) is 5.13. The Morgan fingerprint density at radius 1 is 1.26 bits per heavy atom. The van der Waals surface area contributed by atoms with Crippen LogP contribution in [-0.2, 0) is 11.2 Å². The van der Waals surface area contributed by atoms with Crippen molar-refractivity contribution in [3.63, 3.8) is 0 Å². The lowest BCUT2D eigenvalue weighted by Gasteiger charge is -2.12. The van der Waals surface area contributed by atoms with E-state index in [9.17, 15) is 15.0 Å². The number of carbonyl (C=O) groups is 1. The number of benzene rings is 1. The highest BCUT2D eigenvalue weighted by Crippen LogP contribution is 2.28. The van der Waals surface area contributed by atoms with Gasteiger partial charge in [-0.2, -0.15) is 0 Å². The summed E-state index contributed by atoms with van der Waals surface area (Å²) in [5.74, 6) is -0.183. The molecule has 3 nitrogen and oxygen atoms in total. The highest BCUT2D eigenvalue weighted by Gasteiger charge is 2.33. The number of allylic oxidation sites excluding steroid dienone is 1. The first-order valence-electron chi connectivity index (χ1n) is 6.79. The minimum absolute atomic E-state index is 0.0294. The summed E-state index contributed by atoms with van der Waals surface area (Å²) in [5, 5.41) is 19.5. The van der Waals surface area contributed by atoms with Crippen molar-refractivity contribution in [1.29, 1.82) is 0 Å². The smallest absolute Gasteiger partial charge is 0.136 e. The molecule has 0 heterocycles. The Morgan fingerprint density at radius 3 is 2.63 bits per heavy atom. The number of aryl methyl sites for hydroxylation is 1. The SMILES string of the molecule is O=C1C[C@H](/C(O)=C\CCCc2ccccc2)[C@@H](O)C1. The molecule has 0 amide bonds. The fraction of sp³-hybridized carbons (Fsp3) is 0.438. The van der Waals surface area contributed by atoms with Crippen LogP contribution in [0.25, 0.3) is 0 Å². The van der Waals surface area contributed by atoms with E-state index in [1.807, 2.05) is 18.2 Å². The summed E-state index contributed by atoms with van der Waals surface area (Å²) in [4.78, 5) is 11.2. The van der Waals surface area contributed by atoms with Crippen LogP contribution in [0.4, 0.5) is 0 Å². The first-order chi connectivity index (χ1) is 9.16. The van der Waals surface area contributed by atoms with E-state index in [-0.39, 0.29) is 30.3 Å². The minimum atomic E-state index is -0.710. The zero-order chi connectivity index (χ0) is 13.7. The Hall–Kier alpha value is -1.61. The summed E-state index contributed by atoms with van der Waals surface area (Å²) in [6.45, 7) is 0. The normalized spacial score (nSPS) is 23.8. The summed E-state index contributed by atoms with van der Waals surface area (Å²) in [7, 11) is 0. The van der Waals surface area contributed by atoms with E-state index in [1.165, 1.54) is 5.56 Å². The molecule has 102 valence electrons. The molecular formula is C16H20O3. The fourth-order valence-corrected chi connectivity index (χ4v) is 2.49. The number of aliphatic hydroxyl groups is 2. The van der Waals surface area contributed by atoms with Crippen LogP contribution in [-0.4, -0.2) is 22.1 Å². The van der Waals surface area contributed by atoms with Crippen molar-refractivity contribution in [3.8, 4) is 0 Å². The van der Waals surface area contributed by atoms with E-state index in [1.54, 1.807) is 6.08 Å². The Kier molecular flexibility index (Phi) is 4.74. The molecule has 0 bridgehead atoms. The first kappa shape index (κ1) is 13.8. The van der Waals surface area contributed by atoms with Crippen LogP contribution < -0.4 is 0 Å². The lowest BCUT2D eigenvalue weighted by Crippen LogP contribution is -2.15. The molecule has 2 N–H and O–H groups in total. The zero-order valence-electron chi connectivity index (χ0n) is 11.0. The number of aliphatic hydroxyl groups excluding tert-OH is 2. The third kappa shape index (κ3) is 3.93. The van der Waals surface area contributed by atoms with Gasteiger partial charge in [0.2, 0.25) is 0 Å². The topological polar surface area (TPSA) is 57.5 Å².